The number of carbonyl (C=O) groups is 1. The van der Waals surface area contributed by atoms with E-state index in [0.717, 1.165) is 54.6 Å². The van der Waals surface area contributed by atoms with Gasteiger partial charge in [0.2, 0.25) is 5.95 Å². The Kier molecular flexibility index (Phi) is 6.15. The van der Waals surface area contributed by atoms with Crippen LogP contribution in [0, 0.1) is 12.8 Å². The van der Waals surface area contributed by atoms with Crippen LogP contribution in [0.1, 0.15) is 23.6 Å². The Labute approximate surface area is 192 Å². The van der Waals surface area contributed by atoms with Gasteiger partial charge in [-0.25, -0.2) is 14.8 Å². The molecule has 5 heterocycles. The summed E-state index contributed by atoms with van der Waals surface area (Å²) < 4.78 is 35.5. The molecule has 2 atom stereocenters. The molecule has 2 aliphatic heterocycles. The highest BCUT2D eigenvalue weighted by atomic mass is 19.4. The normalized spacial score (nSPS) is 19.1. The van der Waals surface area contributed by atoms with Gasteiger partial charge in [-0.15, -0.1) is 0 Å². The highest BCUT2D eigenvalue weighted by molar-refractivity contribution is 5.73. The minimum atomic E-state index is -5.08. The summed E-state index contributed by atoms with van der Waals surface area (Å²) in [5.41, 5.74) is 4.21. The van der Waals surface area contributed by atoms with Gasteiger partial charge in [0.15, 0.2) is 0 Å². The number of aliphatic carboxylic acids is 1. The van der Waals surface area contributed by atoms with E-state index in [-0.39, 0.29) is 5.56 Å². The zero-order valence-electron chi connectivity index (χ0n) is 18.5. The van der Waals surface area contributed by atoms with Crippen molar-refractivity contribution in [2.24, 2.45) is 13.0 Å². The fourth-order valence-corrected chi connectivity index (χ4v) is 4.51. The molecule has 2 unspecified atom stereocenters. The van der Waals surface area contributed by atoms with Gasteiger partial charge < -0.3 is 14.6 Å². The number of piperidine rings is 1. The molecule has 0 aromatic carbocycles. The van der Waals surface area contributed by atoms with Crippen LogP contribution in [0.3, 0.4) is 0 Å². The Balaban J connectivity index is 0.000000344. The average molecular weight is 476 g/mol. The molecule has 34 heavy (non-hydrogen) atoms. The topological polar surface area (TPSA) is 106 Å². The predicted octanol–water partition coefficient (Wildman–Crippen LogP) is 2.60. The first-order chi connectivity index (χ1) is 16.0. The summed E-state index contributed by atoms with van der Waals surface area (Å²) in [6.45, 7) is 4.53. The third-order valence-corrected chi connectivity index (χ3v) is 6.03. The summed E-state index contributed by atoms with van der Waals surface area (Å²) in [6, 6.07) is 7.59. The molecule has 3 aromatic heterocycles. The van der Waals surface area contributed by atoms with Crippen molar-refractivity contribution in [2.75, 3.05) is 18.0 Å². The molecule has 12 heteroatoms. The van der Waals surface area contributed by atoms with Crippen molar-refractivity contribution < 1.29 is 23.1 Å². The molecule has 0 aliphatic carbocycles. The van der Waals surface area contributed by atoms with Crippen molar-refractivity contribution >= 4 is 11.9 Å². The first-order valence-electron chi connectivity index (χ1n) is 10.6. The van der Waals surface area contributed by atoms with Crippen LogP contribution in [0.4, 0.5) is 19.1 Å². The summed E-state index contributed by atoms with van der Waals surface area (Å²) in [6.07, 6.45) is -0.273. The molecule has 1 fully saturated rings. The number of pyridine rings is 1. The highest BCUT2D eigenvalue weighted by Crippen LogP contribution is 2.36. The number of alkyl halides is 3. The van der Waals surface area contributed by atoms with Gasteiger partial charge in [0, 0.05) is 56.8 Å². The molecule has 3 aromatic rings. The lowest BCUT2D eigenvalue weighted by molar-refractivity contribution is -0.192. The zero-order chi connectivity index (χ0) is 24.6. The van der Waals surface area contributed by atoms with Crippen LogP contribution in [0.25, 0.3) is 11.4 Å². The standard InChI is InChI=1S/C20H22N6O.C2HF3O2/c1-13-9-21-20(23-19(13)17-6-7-22-24(17)2)25-10-14-8-15(12-25)16-4-3-5-18(27)26(16)11-14;3-2(4,5)1(6)7/h3-7,9,14-15H,8,10-12H2,1-2H3;(H,6,7). The van der Waals surface area contributed by atoms with Gasteiger partial charge in [-0.05, 0) is 37.0 Å². The number of anilines is 1. The van der Waals surface area contributed by atoms with Gasteiger partial charge in [0.1, 0.15) is 0 Å². The number of aromatic nitrogens is 5. The fourth-order valence-electron chi connectivity index (χ4n) is 4.51. The molecule has 2 aliphatic rings. The second-order valence-corrected chi connectivity index (χ2v) is 8.45. The van der Waals surface area contributed by atoms with E-state index in [0.29, 0.717) is 11.8 Å². The maximum Gasteiger partial charge on any atom is 0.490 e. The van der Waals surface area contributed by atoms with Crippen LogP contribution in [0.5, 0.6) is 0 Å². The van der Waals surface area contributed by atoms with Gasteiger partial charge >= 0.3 is 12.1 Å². The summed E-state index contributed by atoms with van der Waals surface area (Å²) in [4.78, 5) is 32.9. The van der Waals surface area contributed by atoms with E-state index in [4.69, 9.17) is 14.9 Å². The molecule has 1 N–H and O–H groups in total. The van der Waals surface area contributed by atoms with Crippen molar-refractivity contribution in [3.8, 4) is 11.4 Å². The molecule has 0 saturated carbocycles. The Morgan fingerprint density at radius 3 is 2.56 bits per heavy atom. The molecule has 0 amide bonds. The van der Waals surface area contributed by atoms with Crippen molar-refractivity contribution in [1.29, 1.82) is 0 Å². The van der Waals surface area contributed by atoms with Crippen LogP contribution in [-0.2, 0) is 18.4 Å². The van der Waals surface area contributed by atoms with E-state index in [9.17, 15) is 18.0 Å². The molecular weight excluding hydrogens is 453 g/mol. The second kappa shape index (κ2) is 8.92. The molecule has 5 rings (SSSR count). The van der Waals surface area contributed by atoms with Crippen molar-refractivity contribution in [3.05, 3.63) is 58.3 Å². The van der Waals surface area contributed by atoms with Crippen LogP contribution in [-0.4, -0.2) is 54.7 Å². The van der Waals surface area contributed by atoms with Gasteiger partial charge in [-0.2, -0.15) is 18.3 Å². The zero-order valence-corrected chi connectivity index (χ0v) is 18.5. The minimum Gasteiger partial charge on any atom is -0.475 e. The first-order valence-corrected chi connectivity index (χ1v) is 10.6. The third-order valence-electron chi connectivity index (χ3n) is 6.03. The number of aryl methyl sites for hydroxylation is 2. The third kappa shape index (κ3) is 4.66. The lowest BCUT2D eigenvalue weighted by Gasteiger charge is -2.42. The van der Waals surface area contributed by atoms with E-state index in [1.54, 1.807) is 12.3 Å². The van der Waals surface area contributed by atoms with Crippen molar-refractivity contribution in [1.82, 2.24) is 24.3 Å². The van der Waals surface area contributed by atoms with E-state index in [1.165, 1.54) is 0 Å². The SMILES string of the molecule is Cc1cnc(N2CC3CC(C2)c2cccc(=O)n2C3)nc1-c1ccnn1C.O=C(O)C(F)(F)F. The number of nitrogens with zero attached hydrogens (tertiary/aromatic N) is 6. The van der Waals surface area contributed by atoms with Gasteiger partial charge in [-0.3, -0.25) is 9.48 Å². The van der Waals surface area contributed by atoms with Gasteiger partial charge in [0.25, 0.3) is 5.56 Å². The summed E-state index contributed by atoms with van der Waals surface area (Å²) >= 11 is 0. The fraction of sp³-hybridized carbons (Fsp3) is 0.409. The Morgan fingerprint density at radius 1 is 1.18 bits per heavy atom. The average Bonchev–Trinajstić information content (AvgIpc) is 3.20. The van der Waals surface area contributed by atoms with Crippen LogP contribution < -0.4 is 10.5 Å². The number of hydrogen-bond donors (Lipinski definition) is 1. The molecular formula is C22H23F3N6O3. The van der Waals surface area contributed by atoms with Crippen molar-refractivity contribution in [2.45, 2.75) is 32.0 Å². The number of carboxylic acids is 1. The van der Waals surface area contributed by atoms with Gasteiger partial charge in [-0.1, -0.05) is 6.07 Å². The van der Waals surface area contributed by atoms with Crippen LogP contribution in [0.2, 0.25) is 0 Å². The van der Waals surface area contributed by atoms with E-state index >= 15 is 0 Å². The van der Waals surface area contributed by atoms with Crippen LogP contribution >= 0.6 is 0 Å². The quantitative estimate of drug-likeness (QED) is 0.606. The maximum absolute atomic E-state index is 12.2. The predicted molar refractivity (Wildman–Crippen MR) is 116 cm³/mol. The molecule has 0 radical (unpaired) electrons. The lowest BCUT2D eigenvalue weighted by Crippen LogP contribution is -2.47. The molecule has 180 valence electrons. The van der Waals surface area contributed by atoms with E-state index in [1.807, 2.05) is 41.5 Å². The highest BCUT2D eigenvalue weighted by Gasteiger charge is 2.38. The van der Waals surface area contributed by atoms with Crippen molar-refractivity contribution in [3.63, 3.8) is 0 Å². The Bertz CT molecular complexity index is 1270. The Hall–Kier alpha value is -3.70. The lowest BCUT2D eigenvalue weighted by atomic mass is 9.83. The Morgan fingerprint density at radius 2 is 1.91 bits per heavy atom. The smallest absolute Gasteiger partial charge is 0.475 e. The largest absolute Gasteiger partial charge is 0.490 e. The first kappa shape index (κ1) is 23.5. The number of rotatable bonds is 2. The number of halogens is 3. The summed E-state index contributed by atoms with van der Waals surface area (Å²) in [5, 5.41) is 11.4. The molecule has 1 saturated heterocycles. The number of fused-ring (bicyclic) bond motifs is 4. The second-order valence-electron chi connectivity index (χ2n) is 8.45. The van der Waals surface area contributed by atoms with E-state index in [2.05, 4.69) is 21.0 Å². The van der Waals surface area contributed by atoms with Crippen LogP contribution in [0.15, 0.2) is 41.5 Å². The van der Waals surface area contributed by atoms with E-state index < -0.39 is 12.1 Å². The maximum atomic E-state index is 12.2. The monoisotopic (exact) mass is 476 g/mol. The molecule has 2 bridgehead atoms. The van der Waals surface area contributed by atoms with Gasteiger partial charge in [0.05, 0.1) is 11.4 Å². The molecule has 0 spiro atoms. The summed E-state index contributed by atoms with van der Waals surface area (Å²) in [7, 11) is 1.93. The molecule has 9 nitrogen and oxygen atoms in total. The summed E-state index contributed by atoms with van der Waals surface area (Å²) in [5.74, 6) is -1.21. The number of hydrogen-bond acceptors (Lipinski definition) is 6. The minimum absolute atomic E-state index is 0.112. The number of carboxylic acid groups (broad SMARTS) is 1.